The van der Waals surface area contributed by atoms with Gasteiger partial charge in [0.25, 0.3) is 0 Å². The molecule has 0 amide bonds. The van der Waals surface area contributed by atoms with Gasteiger partial charge < -0.3 is 9.47 Å². The summed E-state index contributed by atoms with van der Waals surface area (Å²) in [6.07, 6.45) is 0.945. The summed E-state index contributed by atoms with van der Waals surface area (Å²) in [6, 6.07) is 5.06. The predicted octanol–water partition coefficient (Wildman–Crippen LogP) is 9.48. The minimum atomic E-state index is -5.15. The van der Waals surface area contributed by atoms with E-state index in [1.165, 1.54) is 38.2 Å². The van der Waals surface area contributed by atoms with Crippen molar-refractivity contribution >= 4 is 0 Å². The molecule has 204 valence electrons. The Morgan fingerprint density at radius 3 is 2.11 bits per heavy atom. The highest BCUT2D eigenvalue weighted by Crippen LogP contribution is 2.46. The van der Waals surface area contributed by atoms with Gasteiger partial charge in [0.1, 0.15) is 11.6 Å². The van der Waals surface area contributed by atoms with E-state index in [1.807, 2.05) is 0 Å². The van der Waals surface area contributed by atoms with Gasteiger partial charge in [-0.2, -0.15) is 8.78 Å². The minimum Gasteiger partial charge on any atom is -0.429 e. The second-order valence-electron chi connectivity index (χ2n) is 10.3. The Morgan fingerprint density at radius 2 is 1.49 bits per heavy atom. The van der Waals surface area contributed by atoms with Gasteiger partial charge in [-0.15, -0.1) is 13.2 Å². The number of benzene rings is 2. The number of rotatable bonds is 8. The van der Waals surface area contributed by atoms with Crippen molar-refractivity contribution in [1.29, 1.82) is 0 Å². The van der Waals surface area contributed by atoms with Crippen LogP contribution in [0.5, 0.6) is 11.5 Å². The van der Waals surface area contributed by atoms with Crippen LogP contribution in [0.2, 0.25) is 0 Å². The zero-order chi connectivity index (χ0) is 26.8. The Morgan fingerprint density at radius 1 is 0.784 bits per heavy atom. The molecule has 2 saturated carbocycles. The standard InChI is InChI=1S/C28H31F7O2/c1-2-3-17-4-5-20(14-17)18-6-8-19(9-7-18)21-10-12-23(24(29)15-21)27(31,32)36-22-11-13-26(25(30)16-22)37-28(33,34)35/h10-13,15-20H,2-9,14H2,1H3. The van der Waals surface area contributed by atoms with Gasteiger partial charge in [-0.1, -0.05) is 32.3 Å². The summed E-state index contributed by atoms with van der Waals surface area (Å²) >= 11 is 0. The first-order valence-corrected chi connectivity index (χ1v) is 12.9. The largest absolute Gasteiger partial charge is 0.573 e. The van der Waals surface area contributed by atoms with Crippen molar-refractivity contribution in [1.82, 2.24) is 0 Å². The Kier molecular flexibility index (Phi) is 8.29. The maximum atomic E-state index is 14.8. The van der Waals surface area contributed by atoms with Crippen LogP contribution in [0.1, 0.15) is 81.8 Å². The monoisotopic (exact) mass is 532 g/mol. The molecule has 0 aromatic heterocycles. The van der Waals surface area contributed by atoms with Gasteiger partial charge in [0.05, 0.1) is 5.56 Å². The van der Waals surface area contributed by atoms with Crippen molar-refractivity contribution in [3.05, 3.63) is 59.2 Å². The molecular formula is C28H31F7O2. The van der Waals surface area contributed by atoms with Crippen LogP contribution in [0.3, 0.4) is 0 Å². The van der Waals surface area contributed by atoms with E-state index in [1.54, 1.807) is 0 Å². The fourth-order valence-corrected chi connectivity index (χ4v) is 6.11. The van der Waals surface area contributed by atoms with Crippen LogP contribution in [-0.2, 0) is 6.11 Å². The molecule has 0 N–H and O–H groups in total. The third kappa shape index (κ3) is 6.90. The summed E-state index contributed by atoms with van der Waals surface area (Å²) in [5, 5.41) is 0. The second-order valence-corrected chi connectivity index (χ2v) is 10.3. The van der Waals surface area contributed by atoms with Crippen molar-refractivity contribution in [3.63, 3.8) is 0 Å². The van der Waals surface area contributed by atoms with Crippen LogP contribution >= 0.6 is 0 Å². The Hall–Kier alpha value is -2.45. The summed E-state index contributed by atoms with van der Waals surface area (Å²) in [7, 11) is 0. The van der Waals surface area contributed by atoms with Crippen molar-refractivity contribution < 1.29 is 40.2 Å². The molecule has 2 atom stereocenters. The number of halogens is 7. The topological polar surface area (TPSA) is 18.5 Å². The Labute approximate surface area is 212 Å². The molecule has 2 aliphatic carbocycles. The van der Waals surface area contributed by atoms with E-state index in [-0.39, 0.29) is 5.92 Å². The summed E-state index contributed by atoms with van der Waals surface area (Å²) in [4.78, 5) is 0. The highest BCUT2D eigenvalue weighted by molar-refractivity contribution is 5.35. The highest BCUT2D eigenvalue weighted by atomic mass is 19.4. The second kappa shape index (κ2) is 11.1. The van der Waals surface area contributed by atoms with Crippen molar-refractivity contribution in [2.45, 2.75) is 83.1 Å². The molecule has 9 heteroatoms. The molecule has 2 aliphatic rings. The van der Waals surface area contributed by atoms with E-state index in [9.17, 15) is 30.7 Å². The van der Waals surface area contributed by atoms with E-state index in [4.69, 9.17) is 0 Å². The Bertz CT molecular complexity index is 1060. The van der Waals surface area contributed by atoms with Crippen LogP contribution < -0.4 is 9.47 Å². The third-order valence-electron chi connectivity index (χ3n) is 7.87. The molecule has 37 heavy (non-hydrogen) atoms. The summed E-state index contributed by atoms with van der Waals surface area (Å²) < 4.78 is 103. The first-order chi connectivity index (χ1) is 17.4. The van der Waals surface area contributed by atoms with E-state index in [0.29, 0.717) is 29.7 Å². The van der Waals surface area contributed by atoms with Crippen molar-refractivity contribution in [3.8, 4) is 11.5 Å². The minimum absolute atomic E-state index is 0.0949. The van der Waals surface area contributed by atoms with Gasteiger partial charge in [0, 0.05) is 6.07 Å². The Balaban J connectivity index is 1.37. The average molecular weight is 533 g/mol. The van der Waals surface area contributed by atoms with Gasteiger partial charge >= 0.3 is 12.5 Å². The average Bonchev–Trinajstić information content (AvgIpc) is 3.29. The molecule has 0 aliphatic heterocycles. The van der Waals surface area contributed by atoms with Crippen LogP contribution in [0.25, 0.3) is 0 Å². The quantitative estimate of drug-likeness (QED) is 0.315. The van der Waals surface area contributed by atoms with E-state index in [0.717, 1.165) is 49.7 Å². The zero-order valence-electron chi connectivity index (χ0n) is 20.6. The lowest BCUT2D eigenvalue weighted by atomic mass is 9.73. The number of ether oxygens (including phenoxy) is 2. The SMILES string of the molecule is CCCC1CCC(C2CCC(c3ccc(C(F)(F)Oc4ccc(OC(F)(F)F)c(F)c4)c(F)c3)CC2)C1. The molecule has 2 unspecified atom stereocenters. The molecule has 2 fully saturated rings. The number of hydrogen-bond donors (Lipinski definition) is 0. The molecule has 0 heterocycles. The summed E-state index contributed by atoms with van der Waals surface area (Å²) in [5.41, 5.74) is -0.376. The molecule has 2 aromatic rings. The number of alkyl halides is 5. The van der Waals surface area contributed by atoms with Gasteiger partial charge in [0.2, 0.25) is 0 Å². The first-order valence-electron chi connectivity index (χ1n) is 12.9. The van der Waals surface area contributed by atoms with E-state index in [2.05, 4.69) is 16.4 Å². The molecular weight excluding hydrogens is 501 g/mol. The molecule has 4 rings (SSSR count). The lowest BCUT2D eigenvalue weighted by Gasteiger charge is -2.33. The third-order valence-corrected chi connectivity index (χ3v) is 7.87. The molecule has 2 nitrogen and oxygen atoms in total. The van der Waals surface area contributed by atoms with Crippen molar-refractivity contribution in [2.75, 3.05) is 0 Å². The molecule has 0 saturated heterocycles. The maximum absolute atomic E-state index is 14.8. The molecule has 0 radical (unpaired) electrons. The zero-order valence-corrected chi connectivity index (χ0v) is 20.6. The summed E-state index contributed by atoms with van der Waals surface area (Å²) in [6.45, 7) is 2.22. The number of hydrogen-bond acceptors (Lipinski definition) is 2. The maximum Gasteiger partial charge on any atom is 0.573 e. The van der Waals surface area contributed by atoms with Crippen LogP contribution in [0.4, 0.5) is 30.7 Å². The molecule has 0 spiro atoms. The molecule has 0 bridgehead atoms. The van der Waals surface area contributed by atoms with Crippen molar-refractivity contribution in [2.24, 2.45) is 17.8 Å². The van der Waals surface area contributed by atoms with Gasteiger partial charge in [-0.25, -0.2) is 8.78 Å². The first kappa shape index (κ1) is 27.6. The van der Waals surface area contributed by atoms with Crippen LogP contribution in [0.15, 0.2) is 36.4 Å². The fourth-order valence-electron chi connectivity index (χ4n) is 6.11. The smallest absolute Gasteiger partial charge is 0.429 e. The van der Waals surface area contributed by atoms with Crippen LogP contribution in [0, 0.1) is 29.4 Å². The van der Waals surface area contributed by atoms with Gasteiger partial charge in [-0.05, 0) is 92.0 Å². The van der Waals surface area contributed by atoms with E-state index < -0.39 is 41.2 Å². The highest BCUT2D eigenvalue weighted by Gasteiger charge is 2.39. The van der Waals surface area contributed by atoms with Crippen LogP contribution in [-0.4, -0.2) is 6.36 Å². The normalized spacial score (nSPS) is 24.8. The van der Waals surface area contributed by atoms with E-state index >= 15 is 0 Å². The lowest BCUT2D eigenvalue weighted by Crippen LogP contribution is -2.24. The lowest BCUT2D eigenvalue weighted by molar-refractivity contribution is -0.275. The van der Waals surface area contributed by atoms with Gasteiger partial charge in [0.15, 0.2) is 11.6 Å². The van der Waals surface area contributed by atoms with Gasteiger partial charge in [-0.3, -0.25) is 0 Å². The fraction of sp³-hybridized carbons (Fsp3) is 0.571. The summed E-state index contributed by atoms with van der Waals surface area (Å²) in [5.74, 6) is -2.30. The predicted molar refractivity (Wildman–Crippen MR) is 124 cm³/mol. The molecule has 2 aromatic carbocycles.